The normalized spacial score (nSPS) is 14.7. The van der Waals surface area contributed by atoms with Crippen LogP contribution >= 0.6 is 46.4 Å². The summed E-state index contributed by atoms with van der Waals surface area (Å²) in [4.78, 5) is -1.30. The van der Waals surface area contributed by atoms with Gasteiger partial charge in [0.1, 0.15) is 6.07 Å². The van der Waals surface area contributed by atoms with E-state index in [0.29, 0.717) is 5.02 Å². The van der Waals surface area contributed by atoms with Gasteiger partial charge in [0.2, 0.25) is 5.60 Å². The molecular weight excluding hydrogens is 280 g/mol. The van der Waals surface area contributed by atoms with E-state index in [4.69, 9.17) is 51.7 Å². The number of rotatable bonds is 2. The zero-order valence-electron chi connectivity index (χ0n) is 7.22. The minimum Gasteiger partial charge on any atom is -0.369 e. The van der Waals surface area contributed by atoms with E-state index in [1.165, 1.54) is 18.2 Å². The van der Waals surface area contributed by atoms with Gasteiger partial charge in [-0.1, -0.05) is 29.3 Å². The summed E-state index contributed by atoms with van der Waals surface area (Å²) in [5.74, 6) is 0. The lowest BCUT2D eigenvalue weighted by molar-refractivity contribution is 0.113. The number of nitrogens with zero attached hydrogens (tertiary/aromatic N) is 1. The molecule has 0 aliphatic carbocycles. The zero-order valence-corrected chi connectivity index (χ0v) is 10.2. The van der Waals surface area contributed by atoms with Crippen molar-refractivity contribution in [3.05, 3.63) is 33.8 Å². The van der Waals surface area contributed by atoms with Gasteiger partial charge in [0.15, 0.2) is 4.84 Å². The molecule has 0 saturated heterocycles. The Hall–Kier alpha value is -0.170. The number of hydrogen-bond donors (Lipinski definition) is 1. The van der Waals surface area contributed by atoms with Gasteiger partial charge in [0.25, 0.3) is 0 Å². The van der Waals surface area contributed by atoms with Gasteiger partial charge in [-0.05, 0) is 12.1 Å². The summed E-state index contributed by atoms with van der Waals surface area (Å²) in [6, 6.07) is 5.91. The van der Waals surface area contributed by atoms with E-state index in [1.54, 1.807) is 6.07 Å². The minimum absolute atomic E-state index is 0.131. The third-order valence-electron chi connectivity index (χ3n) is 1.83. The van der Waals surface area contributed by atoms with Crippen LogP contribution in [0.5, 0.6) is 0 Å². The first-order chi connectivity index (χ1) is 6.91. The summed E-state index contributed by atoms with van der Waals surface area (Å²) in [6.45, 7) is 0. The Morgan fingerprint density at radius 1 is 1.33 bits per heavy atom. The molecule has 0 aromatic heterocycles. The molecule has 1 unspecified atom stereocenters. The van der Waals surface area contributed by atoms with Gasteiger partial charge >= 0.3 is 0 Å². The fraction of sp³-hybridized carbons (Fsp3) is 0.222. The third kappa shape index (κ3) is 2.50. The minimum atomic E-state index is -2.04. The molecule has 6 heteroatoms. The molecule has 0 aliphatic rings. The summed E-state index contributed by atoms with van der Waals surface area (Å²) in [5, 5.41) is 19.3. The third-order valence-corrected chi connectivity index (χ3v) is 3.01. The van der Waals surface area contributed by atoms with Crippen molar-refractivity contribution in [1.82, 2.24) is 0 Å². The van der Waals surface area contributed by atoms with Crippen LogP contribution in [0.3, 0.4) is 0 Å². The largest absolute Gasteiger partial charge is 0.369 e. The van der Waals surface area contributed by atoms with Crippen LogP contribution in [-0.4, -0.2) is 9.94 Å². The molecule has 2 nitrogen and oxygen atoms in total. The fourth-order valence-corrected chi connectivity index (χ4v) is 1.91. The first-order valence-electron chi connectivity index (χ1n) is 3.79. The second-order valence-electron chi connectivity index (χ2n) is 2.80. The molecule has 0 spiro atoms. The Bertz CT molecular complexity index is 415. The first-order valence-corrected chi connectivity index (χ1v) is 5.42. The molecular formula is C9H5Cl4NO. The van der Waals surface area contributed by atoms with Crippen molar-refractivity contribution in [2.24, 2.45) is 0 Å². The van der Waals surface area contributed by atoms with Crippen molar-refractivity contribution in [2.45, 2.75) is 10.4 Å². The van der Waals surface area contributed by atoms with E-state index in [0.717, 1.165) is 0 Å². The molecule has 1 aromatic carbocycles. The highest BCUT2D eigenvalue weighted by Gasteiger charge is 2.38. The van der Waals surface area contributed by atoms with Crippen LogP contribution in [0.15, 0.2) is 18.2 Å². The number of benzene rings is 1. The van der Waals surface area contributed by atoms with Gasteiger partial charge in [-0.25, -0.2) is 0 Å². The topological polar surface area (TPSA) is 44.0 Å². The molecule has 1 aromatic rings. The zero-order chi connectivity index (χ0) is 11.6. The maximum absolute atomic E-state index is 9.89. The molecule has 0 amide bonds. The first kappa shape index (κ1) is 12.9. The van der Waals surface area contributed by atoms with Crippen LogP contribution in [0.25, 0.3) is 0 Å². The van der Waals surface area contributed by atoms with Crippen LogP contribution in [0, 0.1) is 11.3 Å². The lowest BCUT2D eigenvalue weighted by atomic mass is 9.97. The second kappa shape index (κ2) is 4.78. The van der Waals surface area contributed by atoms with E-state index in [-0.39, 0.29) is 10.6 Å². The highest BCUT2D eigenvalue weighted by molar-refractivity contribution is 6.45. The quantitative estimate of drug-likeness (QED) is 0.667. The van der Waals surface area contributed by atoms with Crippen LogP contribution < -0.4 is 0 Å². The summed E-state index contributed by atoms with van der Waals surface area (Å²) in [7, 11) is 0. The van der Waals surface area contributed by atoms with E-state index in [2.05, 4.69) is 0 Å². The number of aliphatic hydroxyl groups is 1. The van der Waals surface area contributed by atoms with Gasteiger partial charge in [-0.2, -0.15) is 5.26 Å². The van der Waals surface area contributed by atoms with Crippen molar-refractivity contribution in [3.63, 3.8) is 0 Å². The standard InChI is InChI=1S/C9H5Cl4NO/c10-5-1-2-6(7(11)3-5)9(15,4-14)8(12)13/h1-3,8,15H. The number of hydrogen-bond acceptors (Lipinski definition) is 2. The molecule has 0 heterocycles. The lowest BCUT2D eigenvalue weighted by Gasteiger charge is -2.22. The summed E-state index contributed by atoms with van der Waals surface area (Å²) >= 11 is 22.6. The summed E-state index contributed by atoms with van der Waals surface area (Å²) in [6.07, 6.45) is 0. The molecule has 0 bridgehead atoms. The van der Waals surface area contributed by atoms with Crippen molar-refractivity contribution >= 4 is 46.4 Å². The Kier molecular flexibility index (Phi) is 4.11. The van der Waals surface area contributed by atoms with Gasteiger partial charge in [0, 0.05) is 15.6 Å². The van der Waals surface area contributed by atoms with Crippen molar-refractivity contribution in [1.29, 1.82) is 5.26 Å². The molecule has 0 aliphatic heterocycles. The molecule has 80 valence electrons. The van der Waals surface area contributed by atoms with Gasteiger partial charge in [0.05, 0.1) is 0 Å². The van der Waals surface area contributed by atoms with E-state index in [1.807, 2.05) is 0 Å². The predicted octanol–water partition coefficient (Wildman–Crippen LogP) is 3.51. The van der Waals surface area contributed by atoms with E-state index in [9.17, 15) is 5.11 Å². The molecule has 15 heavy (non-hydrogen) atoms. The average Bonchev–Trinajstić information content (AvgIpc) is 2.16. The summed E-state index contributed by atoms with van der Waals surface area (Å²) in [5.41, 5.74) is -1.91. The number of halogens is 4. The average molecular weight is 285 g/mol. The second-order valence-corrected chi connectivity index (χ2v) is 4.74. The van der Waals surface area contributed by atoms with E-state index < -0.39 is 10.4 Å². The van der Waals surface area contributed by atoms with Crippen molar-refractivity contribution in [2.75, 3.05) is 0 Å². The highest BCUT2D eigenvalue weighted by atomic mass is 35.5. The van der Waals surface area contributed by atoms with Crippen LogP contribution in [0.2, 0.25) is 10.0 Å². The van der Waals surface area contributed by atoms with Crippen molar-refractivity contribution < 1.29 is 5.11 Å². The predicted molar refractivity (Wildman–Crippen MR) is 61.5 cm³/mol. The van der Waals surface area contributed by atoms with Crippen molar-refractivity contribution in [3.8, 4) is 6.07 Å². The Balaban J connectivity index is 3.32. The molecule has 0 radical (unpaired) electrons. The Labute approximate surface area is 107 Å². The van der Waals surface area contributed by atoms with Gasteiger partial charge < -0.3 is 5.11 Å². The SMILES string of the molecule is N#CC(O)(c1ccc(Cl)cc1Cl)C(Cl)Cl. The highest BCUT2D eigenvalue weighted by Crippen LogP contribution is 2.36. The monoisotopic (exact) mass is 283 g/mol. The fourth-order valence-electron chi connectivity index (χ4n) is 1.03. The van der Waals surface area contributed by atoms with Gasteiger partial charge in [-0.15, -0.1) is 23.2 Å². The van der Waals surface area contributed by atoms with Crippen LogP contribution in [0.4, 0.5) is 0 Å². The van der Waals surface area contributed by atoms with E-state index >= 15 is 0 Å². The lowest BCUT2D eigenvalue weighted by Crippen LogP contribution is -2.31. The summed E-state index contributed by atoms with van der Waals surface area (Å²) < 4.78 is 0. The Morgan fingerprint density at radius 3 is 2.33 bits per heavy atom. The maximum Gasteiger partial charge on any atom is 0.208 e. The smallest absolute Gasteiger partial charge is 0.208 e. The van der Waals surface area contributed by atoms with Crippen LogP contribution in [-0.2, 0) is 5.60 Å². The maximum atomic E-state index is 9.89. The number of nitriles is 1. The molecule has 0 saturated carbocycles. The molecule has 1 atom stereocenters. The Morgan fingerprint density at radius 2 is 1.93 bits per heavy atom. The number of alkyl halides is 2. The molecule has 1 N–H and O–H groups in total. The molecule has 1 rings (SSSR count). The van der Waals surface area contributed by atoms with Crippen LogP contribution in [0.1, 0.15) is 5.56 Å². The van der Waals surface area contributed by atoms with Gasteiger partial charge in [-0.3, -0.25) is 0 Å². The molecule has 0 fully saturated rings.